The van der Waals surface area contributed by atoms with Gasteiger partial charge in [0.25, 0.3) is 0 Å². The summed E-state index contributed by atoms with van der Waals surface area (Å²) in [5, 5.41) is 5.15. The van der Waals surface area contributed by atoms with Crippen molar-refractivity contribution in [3.8, 4) is 0 Å². The van der Waals surface area contributed by atoms with Crippen molar-refractivity contribution < 1.29 is 8.42 Å². The van der Waals surface area contributed by atoms with Crippen LogP contribution in [-0.2, 0) is 16.6 Å². The monoisotopic (exact) mass is 369 g/mol. The van der Waals surface area contributed by atoms with Crippen molar-refractivity contribution in [1.82, 2.24) is 0 Å². The van der Waals surface area contributed by atoms with Crippen molar-refractivity contribution in [1.29, 1.82) is 0 Å². The van der Waals surface area contributed by atoms with Gasteiger partial charge < -0.3 is 10.6 Å². The van der Waals surface area contributed by atoms with Crippen molar-refractivity contribution in [2.75, 3.05) is 17.7 Å². The molecule has 2 aromatic carbocycles. The molecule has 7 heteroatoms. The number of nitrogen functional groups attached to an aromatic ring is 1. The Kier molecular flexibility index (Phi) is 4.55. The van der Waals surface area contributed by atoms with Crippen molar-refractivity contribution in [3.63, 3.8) is 0 Å². The average molecular weight is 370 g/mol. The molecule has 0 spiro atoms. The lowest BCUT2D eigenvalue weighted by Gasteiger charge is -2.22. The molecule has 0 aliphatic heterocycles. The second-order valence-corrected chi connectivity index (χ2v) is 7.23. The number of sulfonamides is 1. The number of halogens is 1. The largest absolute Gasteiger partial charge is 0.397 e. The number of nitrogens with two attached hydrogens (primary N) is 2. The number of nitrogens with zero attached hydrogens (tertiary/aromatic N) is 1. The predicted octanol–water partition coefficient (Wildman–Crippen LogP) is 2.32. The summed E-state index contributed by atoms with van der Waals surface area (Å²) in [7, 11) is -1.89. The summed E-state index contributed by atoms with van der Waals surface area (Å²) in [4.78, 5) is 1.93. The molecule has 4 N–H and O–H groups in total. The maximum Gasteiger partial charge on any atom is 0.238 e. The summed E-state index contributed by atoms with van der Waals surface area (Å²) in [5.74, 6) is 0. The third-order valence-corrected chi connectivity index (χ3v) is 4.51. The SMILES string of the molecule is CN(Cc1ccc(Br)cc1)c1cc(S(N)(=O)=O)ccc1N. The van der Waals surface area contributed by atoms with Crippen LogP contribution >= 0.6 is 15.9 Å². The highest BCUT2D eigenvalue weighted by Gasteiger charge is 2.13. The fraction of sp³-hybridized carbons (Fsp3) is 0.143. The lowest BCUT2D eigenvalue weighted by atomic mass is 10.2. The maximum atomic E-state index is 11.4. The van der Waals surface area contributed by atoms with Crippen LogP contribution in [0.2, 0.25) is 0 Å². The summed E-state index contributed by atoms with van der Waals surface area (Å²) in [6.45, 7) is 0.603. The van der Waals surface area contributed by atoms with Gasteiger partial charge in [-0.05, 0) is 35.9 Å². The molecule has 0 amide bonds. The number of benzene rings is 2. The molecule has 0 bridgehead atoms. The van der Waals surface area contributed by atoms with E-state index in [9.17, 15) is 8.42 Å². The predicted molar refractivity (Wildman–Crippen MR) is 88.5 cm³/mol. The minimum Gasteiger partial charge on any atom is -0.397 e. The van der Waals surface area contributed by atoms with Crippen LogP contribution in [-0.4, -0.2) is 15.5 Å². The number of hydrogen-bond acceptors (Lipinski definition) is 4. The fourth-order valence-electron chi connectivity index (χ4n) is 1.98. The van der Waals surface area contributed by atoms with Gasteiger partial charge in [-0.15, -0.1) is 0 Å². The van der Waals surface area contributed by atoms with E-state index < -0.39 is 10.0 Å². The Balaban J connectivity index is 2.30. The molecule has 0 aliphatic carbocycles. The van der Waals surface area contributed by atoms with E-state index in [4.69, 9.17) is 10.9 Å². The van der Waals surface area contributed by atoms with Gasteiger partial charge in [0.2, 0.25) is 10.0 Å². The number of hydrogen-bond donors (Lipinski definition) is 2. The zero-order valence-corrected chi connectivity index (χ0v) is 13.9. The molecule has 112 valence electrons. The van der Waals surface area contributed by atoms with Crippen molar-refractivity contribution in [3.05, 3.63) is 52.5 Å². The minimum absolute atomic E-state index is 0.0503. The van der Waals surface area contributed by atoms with E-state index in [1.54, 1.807) is 6.07 Å². The van der Waals surface area contributed by atoms with E-state index in [1.165, 1.54) is 12.1 Å². The summed E-state index contributed by atoms with van der Waals surface area (Å²) < 4.78 is 23.9. The lowest BCUT2D eigenvalue weighted by molar-refractivity contribution is 0.598. The summed E-state index contributed by atoms with van der Waals surface area (Å²) in [6, 6.07) is 12.3. The Bertz CT molecular complexity index is 745. The standard InChI is InChI=1S/C14H16BrN3O2S/c1-18(9-10-2-4-11(15)5-3-10)14-8-12(21(17,19)20)6-7-13(14)16/h2-8H,9,16H2,1H3,(H2,17,19,20). The molecule has 0 atom stereocenters. The van der Waals surface area contributed by atoms with E-state index in [0.717, 1.165) is 10.0 Å². The quantitative estimate of drug-likeness (QED) is 0.809. The molecule has 5 nitrogen and oxygen atoms in total. The Morgan fingerprint density at radius 2 is 1.76 bits per heavy atom. The van der Waals surface area contributed by atoms with Crippen molar-refractivity contribution in [2.45, 2.75) is 11.4 Å². The van der Waals surface area contributed by atoms with E-state index in [0.29, 0.717) is 17.9 Å². The van der Waals surface area contributed by atoms with Gasteiger partial charge in [-0.1, -0.05) is 28.1 Å². The van der Waals surface area contributed by atoms with Crippen molar-refractivity contribution >= 4 is 37.3 Å². The first-order chi connectivity index (χ1) is 9.77. The van der Waals surface area contributed by atoms with Crippen LogP contribution in [0.1, 0.15) is 5.56 Å². The van der Waals surface area contributed by atoms with E-state index in [1.807, 2.05) is 36.2 Å². The molecule has 0 fully saturated rings. The summed E-state index contributed by atoms with van der Waals surface area (Å²) in [6.07, 6.45) is 0. The van der Waals surface area contributed by atoms with Gasteiger partial charge in [0.15, 0.2) is 0 Å². The van der Waals surface area contributed by atoms with Crippen LogP contribution in [0.15, 0.2) is 51.8 Å². The second kappa shape index (κ2) is 6.05. The Hall–Kier alpha value is -1.57. The third-order valence-electron chi connectivity index (χ3n) is 3.07. The molecule has 21 heavy (non-hydrogen) atoms. The highest BCUT2D eigenvalue weighted by molar-refractivity contribution is 9.10. The van der Waals surface area contributed by atoms with E-state index in [-0.39, 0.29) is 4.90 Å². The molecule has 2 aromatic rings. The molecule has 0 unspecified atom stereocenters. The second-order valence-electron chi connectivity index (χ2n) is 4.75. The van der Waals surface area contributed by atoms with E-state index in [2.05, 4.69) is 15.9 Å². The minimum atomic E-state index is -3.74. The van der Waals surface area contributed by atoms with Crippen LogP contribution in [0.5, 0.6) is 0 Å². The highest BCUT2D eigenvalue weighted by Crippen LogP contribution is 2.26. The molecule has 0 saturated carbocycles. The van der Waals surface area contributed by atoms with Crippen LogP contribution in [0.25, 0.3) is 0 Å². The molecule has 0 saturated heterocycles. The van der Waals surface area contributed by atoms with Gasteiger partial charge >= 0.3 is 0 Å². The molecule has 0 radical (unpaired) electrons. The molecule has 0 aliphatic rings. The summed E-state index contributed by atoms with van der Waals surface area (Å²) >= 11 is 3.39. The van der Waals surface area contributed by atoms with Crippen LogP contribution in [0, 0.1) is 0 Å². The Morgan fingerprint density at radius 1 is 1.14 bits per heavy atom. The van der Waals surface area contributed by atoms with Gasteiger partial charge in [0, 0.05) is 18.1 Å². The van der Waals surface area contributed by atoms with Crippen LogP contribution in [0.4, 0.5) is 11.4 Å². The lowest BCUT2D eigenvalue weighted by Crippen LogP contribution is -2.19. The van der Waals surface area contributed by atoms with Gasteiger partial charge in [-0.25, -0.2) is 13.6 Å². The van der Waals surface area contributed by atoms with E-state index >= 15 is 0 Å². The van der Waals surface area contributed by atoms with Crippen molar-refractivity contribution in [2.24, 2.45) is 5.14 Å². The van der Waals surface area contributed by atoms with Gasteiger partial charge in [-0.3, -0.25) is 0 Å². The first kappa shape index (κ1) is 15.8. The van der Waals surface area contributed by atoms with Crippen LogP contribution < -0.4 is 15.8 Å². The normalized spacial score (nSPS) is 11.4. The average Bonchev–Trinajstić information content (AvgIpc) is 2.40. The molecule has 0 aromatic heterocycles. The Morgan fingerprint density at radius 3 is 2.33 bits per heavy atom. The number of rotatable bonds is 4. The Labute approximate surface area is 132 Å². The third kappa shape index (κ3) is 3.96. The first-order valence-electron chi connectivity index (χ1n) is 6.15. The summed E-state index contributed by atoms with van der Waals surface area (Å²) in [5.41, 5.74) is 8.14. The highest BCUT2D eigenvalue weighted by atomic mass is 79.9. The maximum absolute atomic E-state index is 11.4. The molecule has 0 heterocycles. The van der Waals surface area contributed by atoms with Crippen LogP contribution in [0.3, 0.4) is 0 Å². The van der Waals surface area contributed by atoms with Gasteiger partial charge in [0.05, 0.1) is 16.3 Å². The molecular weight excluding hydrogens is 354 g/mol. The fourth-order valence-corrected chi connectivity index (χ4v) is 2.78. The molecule has 2 rings (SSSR count). The number of primary sulfonamides is 1. The zero-order chi connectivity index (χ0) is 15.6. The van der Waals surface area contributed by atoms with Gasteiger partial charge in [0.1, 0.15) is 0 Å². The topological polar surface area (TPSA) is 89.4 Å². The number of anilines is 2. The molecular formula is C14H16BrN3O2S. The zero-order valence-electron chi connectivity index (χ0n) is 11.5. The van der Waals surface area contributed by atoms with Gasteiger partial charge in [-0.2, -0.15) is 0 Å². The first-order valence-corrected chi connectivity index (χ1v) is 8.49. The smallest absolute Gasteiger partial charge is 0.238 e.